The highest BCUT2D eigenvalue weighted by molar-refractivity contribution is 6.00. The molecule has 1 fully saturated rings. The molecule has 86 valence electrons. The maximum atomic E-state index is 11.6. The molecule has 15 heavy (non-hydrogen) atoms. The smallest absolute Gasteiger partial charge is 0.318 e. The zero-order valence-corrected chi connectivity index (χ0v) is 9.76. The molecule has 0 aliphatic heterocycles. The first kappa shape index (κ1) is 12.0. The molecule has 1 atom stereocenters. The largest absolute Gasteiger partial charge is 0.480 e. The summed E-state index contributed by atoms with van der Waals surface area (Å²) < 4.78 is 0. The predicted octanol–water partition coefficient (Wildman–Crippen LogP) is 1.26. The lowest BCUT2D eigenvalue weighted by molar-refractivity contribution is -0.153. The van der Waals surface area contributed by atoms with E-state index in [1.54, 1.807) is 0 Å². The second-order valence-electron chi connectivity index (χ2n) is 5.53. The van der Waals surface area contributed by atoms with Gasteiger partial charge in [-0.3, -0.25) is 9.59 Å². The van der Waals surface area contributed by atoms with E-state index in [0.29, 0.717) is 17.9 Å². The van der Waals surface area contributed by atoms with Gasteiger partial charge in [0.25, 0.3) is 0 Å². The topological polar surface area (TPSA) is 66.4 Å². The third-order valence-corrected chi connectivity index (χ3v) is 3.33. The summed E-state index contributed by atoms with van der Waals surface area (Å²) in [6, 6.07) is 0. The molecule has 1 aliphatic carbocycles. The average Bonchev–Trinajstić information content (AvgIpc) is 2.69. The van der Waals surface area contributed by atoms with E-state index < -0.39 is 17.3 Å². The van der Waals surface area contributed by atoms with Crippen LogP contribution in [0, 0.1) is 16.7 Å². The molecule has 4 nitrogen and oxygen atoms in total. The first-order chi connectivity index (χ1) is 6.68. The Morgan fingerprint density at radius 3 is 2.27 bits per heavy atom. The van der Waals surface area contributed by atoms with Gasteiger partial charge in [-0.05, 0) is 31.6 Å². The molecule has 1 amide bonds. The lowest BCUT2D eigenvalue weighted by Gasteiger charge is -2.18. The van der Waals surface area contributed by atoms with Gasteiger partial charge in [0.15, 0.2) is 0 Å². The molecule has 0 saturated heterocycles. The number of carboxylic acid groups (broad SMARTS) is 1. The Labute approximate surface area is 90.0 Å². The van der Waals surface area contributed by atoms with Gasteiger partial charge >= 0.3 is 5.97 Å². The van der Waals surface area contributed by atoms with Crippen LogP contribution in [0.4, 0.5) is 0 Å². The Balaban J connectivity index is 2.40. The van der Waals surface area contributed by atoms with Gasteiger partial charge in [0.05, 0.1) is 0 Å². The van der Waals surface area contributed by atoms with Gasteiger partial charge < -0.3 is 10.4 Å². The molecule has 0 aromatic carbocycles. The molecule has 0 bridgehead atoms. The molecule has 0 spiro atoms. The van der Waals surface area contributed by atoms with Crippen LogP contribution in [0.3, 0.4) is 0 Å². The minimum atomic E-state index is -1.33. The summed E-state index contributed by atoms with van der Waals surface area (Å²) in [5, 5.41) is 11.5. The van der Waals surface area contributed by atoms with E-state index in [1.165, 1.54) is 13.8 Å². The highest BCUT2D eigenvalue weighted by Crippen LogP contribution is 2.51. The van der Waals surface area contributed by atoms with Crippen molar-refractivity contribution >= 4 is 11.9 Å². The van der Waals surface area contributed by atoms with Crippen LogP contribution in [0.2, 0.25) is 0 Å². The van der Waals surface area contributed by atoms with Crippen molar-refractivity contribution in [2.45, 2.75) is 34.1 Å². The second kappa shape index (κ2) is 3.51. The van der Waals surface area contributed by atoms with E-state index in [1.807, 2.05) is 0 Å². The van der Waals surface area contributed by atoms with Gasteiger partial charge in [0.2, 0.25) is 5.91 Å². The zero-order valence-electron chi connectivity index (χ0n) is 9.76. The van der Waals surface area contributed by atoms with Crippen LogP contribution in [0.25, 0.3) is 0 Å². The second-order valence-corrected chi connectivity index (χ2v) is 5.53. The minimum Gasteiger partial charge on any atom is -0.480 e. The number of nitrogens with one attached hydrogen (secondary N) is 1. The maximum Gasteiger partial charge on any atom is 0.318 e. The highest BCUT2D eigenvalue weighted by Gasteiger charge is 2.46. The molecule has 1 unspecified atom stereocenters. The summed E-state index contributed by atoms with van der Waals surface area (Å²) >= 11 is 0. The molecule has 0 radical (unpaired) electrons. The normalized spacial score (nSPS) is 23.3. The van der Waals surface area contributed by atoms with Crippen molar-refractivity contribution in [3.8, 4) is 0 Å². The Bertz CT molecular complexity index is 294. The van der Waals surface area contributed by atoms with Gasteiger partial charge in [0.1, 0.15) is 5.41 Å². The lowest BCUT2D eigenvalue weighted by Crippen LogP contribution is -2.43. The molecule has 1 rings (SSSR count). The predicted molar refractivity (Wildman–Crippen MR) is 56.3 cm³/mol. The first-order valence-electron chi connectivity index (χ1n) is 5.19. The molecule has 1 saturated carbocycles. The van der Waals surface area contributed by atoms with Crippen LogP contribution in [0.15, 0.2) is 0 Å². The maximum absolute atomic E-state index is 11.6. The standard InChI is InChI=1S/C11H19NO3/c1-10(2)5-7(10)6-12-8(13)11(3,4)9(14)15/h7H,5-6H2,1-4H3,(H,12,13)(H,14,15). The monoisotopic (exact) mass is 213 g/mol. The number of carbonyl (C=O) groups excluding carboxylic acids is 1. The molecule has 0 heterocycles. The summed E-state index contributed by atoms with van der Waals surface area (Å²) in [5.41, 5.74) is -1.03. The van der Waals surface area contributed by atoms with E-state index >= 15 is 0 Å². The summed E-state index contributed by atoms with van der Waals surface area (Å²) in [4.78, 5) is 22.3. The lowest BCUT2D eigenvalue weighted by atomic mass is 9.92. The van der Waals surface area contributed by atoms with Crippen LogP contribution in [0.5, 0.6) is 0 Å². The third-order valence-electron chi connectivity index (χ3n) is 3.33. The molecule has 4 heteroatoms. The third kappa shape index (κ3) is 2.49. The Kier molecular flexibility index (Phi) is 2.81. The first-order valence-corrected chi connectivity index (χ1v) is 5.19. The molecule has 0 aromatic heterocycles. The number of aliphatic carboxylic acids is 1. The van der Waals surface area contributed by atoms with Gasteiger partial charge in [-0.1, -0.05) is 13.8 Å². The fourth-order valence-electron chi connectivity index (χ4n) is 1.46. The van der Waals surface area contributed by atoms with Gasteiger partial charge in [-0.25, -0.2) is 0 Å². The fraction of sp³-hybridized carbons (Fsp3) is 0.818. The van der Waals surface area contributed by atoms with E-state index in [4.69, 9.17) is 5.11 Å². The SMILES string of the molecule is CC(C)(C(=O)O)C(=O)NCC1CC1(C)C. The van der Waals surface area contributed by atoms with Crippen LogP contribution in [-0.4, -0.2) is 23.5 Å². The number of hydrogen-bond acceptors (Lipinski definition) is 2. The van der Waals surface area contributed by atoms with E-state index in [2.05, 4.69) is 19.2 Å². The number of amides is 1. The van der Waals surface area contributed by atoms with Crippen LogP contribution < -0.4 is 5.32 Å². The van der Waals surface area contributed by atoms with Gasteiger partial charge in [-0.2, -0.15) is 0 Å². The highest BCUT2D eigenvalue weighted by atomic mass is 16.4. The van der Waals surface area contributed by atoms with Crippen molar-refractivity contribution in [1.82, 2.24) is 5.32 Å². The Hall–Kier alpha value is -1.06. The summed E-state index contributed by atoms with van der Waals surface area (Å²) in [5.74, 6) is -1.00. The van der Waals surface area contributed by atoms with E-state index in [9.17, 15) is 9.59 Å². The van der Waals surface area contributed by atoms with Crippen molar-refractivity contribution < 1.29 is 14.7 Å². The fourth-order valence-corrected chi connectivity index (χ4v) is 1.46. The Morgan fingerprint density at radius 2 is 1.93 bits per heavy atom. The quantitative estimate of drug-likeness (QED) is 0.691. The van der Waals surface area contributed by atoms with Crippen molar-refractivity contribution in [2.24, 2.45) is 16.7 Å². The van der Waals surface area contributed by atoms with Crippen LogP contribution in [0.1, 0.15) is 34.1 Å². The van der Waals surface area contributed by atoms with Crippen LogP contribution in [-0.2, 0) is 9.59 Å². The Morgan fingerprint density at radius 1 is 1.47 bits per heavy atom. The van der Waals surface area contributed by atoms with Crippen molar-refractivity contribution in [3.05, 3.63) is 0 Å². The minimum absolute atomic E-state index is 0.306. The number of carbonyl (C=O) groups is 2. The number of rotatable bonds is 4. The summed E-state index contributed by atoms with van der Waals surface area (Å²) in [6.07, 6.45) is 1.10. The van der Waals surface area contributed by atoms with Gasteiger partial charge in [-0.15, -0.1) is 0 Å². The molecular formula is C11H19NO3. The van der Waals surface area contributed by atoms with Crippen molar-refractivity contribution in [1.29, 1.82) is 0 Å². The molecule has 1 aliphatic rings. The van der Waals surface area contributed by atoms with Crippen molar-refractivity contribution in [2.75, 3.05) is 6.54 Å². The summed E-state index contributed by atoms with van der Waals surface area (Å²) in [6.45, 7) is 7.71. The van der Waals surface area contributed by atoms with Crippen LogP contribution >= 0.6 is 0 Å². The number of carboxylic acids is 1. The average molecular weight is 213 g/mol. The number of hydrogen-bond donors (Lipinski definition) is 2. The van der Waals surface area contributed by atoms with Crippen molar-refractivity contribution in [3.63, 3.8) is 0 Å². The van der Waals surface area contributed by atoms with E-state index in [-0.39, 0.29) is 0 Å². The molecular weight excluding hydrogens is 194 g/mol. The van der Waals surface area contributed by atoms with E-state index in [0.717, 1.165) is 6.42 Å². The molecule has 0 aromatic rings. The van der Waals surface area contributed by atoms with Gasteiger partial charge in [0, 0.05) is 6.54 Å². The zero-order chi connectivity index (χ0) is 11.9. The molecule has 2 N–H and O–H groups in total. The summed E-state index contributed by atoms with van der Waals surface area (Å²) in [7, 11) is 0.